The number of rotatable bonds is 7. The first-order valence-corrected chi connectivity index (χ1v) is 7.80. The Morgan fingerprint density at radius 1 is 1.31 bits per heavy atom. The third-order valence-electron chi connectivity index (χ3n) is 3.45. The third-order valence-corrected chi connectivity index (χ3v) is 3.45. The van der Waals surface area contributed by atoms with Gasteiger partial charge in [0.05, 0.1) is 31.6 Å². The average Bonchev–Trinajstić information content (AvgIpc) is 2.67. The molecule has 134 valence electrons. The Bertz CT molecular complexity index is 814. The number of halogens is 1. The number of nitrogens with zero attached hydrogens (tertiary/aromatic N) is 4. The molecule has 0 saturated carbocycles. The Hall–Kier alpha value is -3.35. The number of pyridine rings is 1. The van der Waals surface area contributed by atoms with Crippen LogP contribution in [0.25, 0.3) is 0 Å². The van der Waals surface area contributed by atoms with Gasteiger partial charge >= 0.3 is 5.97 Å². The van der Waals surface area contributed by atoms with Gasteiger partial charge in [0, 0.05) is 6.21 Å². The zero-order valence-electron chi connectivity index (χ0n) is 14.6. The van der Waals surface area contributed by atoms with Crippen LogP contribution in [0.4, 0.5) is 10.2 Å². The van der Waals surface area contributed by atoms with Gasteiger partial charge in [-0.15, -0.1) is 0 Å². The van der Waals surface area contributed by atoms with Crippen molar-refractivity contribution in [2.75, 3.05) is 12.0 Å². The molecule has 0 unspecified atom stereocenters. The van der Waals surface area contributed by atoms with Gasteiger partial charge in [-0.05, 0) is 43.5 Å². The van der Waals surface area contributed by atoms with Gasteiger partial charge in [0.15, 0.2) is 5.82 Å². The second-order valence-electron chi connectivity index (χ2n) is 5.17. The number of methoxy groups -OCH3 is 1. The summed E-state index contributed by atoms with van der Waals surface area (Å²) in [5, 5.41) is 0. The van der Waals surface area contributed by atoms with E-state index in [1.807, 2.05) is 0 Å². The smallest absolute Gasteiger partial charge is 0.337 e. The van der Waals surface area contributed by atoms with Crippen molar-refractivity contribution >= 4 is 24.7 Å². The van der Waals surface area contributed by atoms with Crippen molar-refractivity contribution in [3.63, 3.8) is 0 Å². The quantitative estimate of drug-likeness (QED) is 0.563. The van der Waals surface area contributed by atoms with Gasteiger partial charge in [-0.3, -0.25) is 4.99 Å². The van der Waals surface area contributed by atoms with Crippen molar-refractivity contribution in [2.24, 2.45) is 9.98 Å². The van der Waals surface area contributed by atoms with Gasteiger partial charge in [0.25, 0.3) is 0 Å². The van der Waals surface area contributed by atoms with Crippen LogP contribution in [0, 0.1) is 5.82 Å². The van der Waals surface area contributed by atoms with E-state index in [9.17, 15) is 9.18 Å². The summed E-state index contributed by atoms with van der Waals surface area (Å²) >= 11 is 0. The lowest BCUT2D eigenvalue weighted by molar-refractivity contribution is 0.0600. The Morgan fingerprint density at radius 2 is 2.04 bits per heavy atom. The van der Waals surface area contributed by atoms with Crippen molar-refractivity contribution in [3.8, 4) is 0 Å². The highest BCUT2D eigenvalue weighted by atomic mass is 19.1. The monoisotopic (exact) mass is 354 g/mol. The fourth-order valence-electron chi connectivity index (χ4n) is 2.24. The number of aliphatic imine (C=N–C) groups is 2. The summed E-state index contributed by atoms with van der Waals surface area (Å²) in [5.41, 5.74) is 1.35. The SMILES string of the molecule is C=N/C=C(\N=C/C)N(Cc1ccc(C(=O)OC)cc1)c1ccc(F)cn1. The first-order chi connectivity index (χ1) is 12.6. The summed E-state index contributed by atoms with van der Waals surface area (Å²) in [4.78, 5) is 25.5. The number of ether oxygens (including phenoxy) is 1. The molecule has 6 nitrogen and oxygen atoms in total. The number of esters is 1. The van der Waals surface area contributed by atoms with E-state index < -0.39 is 11.8 Å². The molecule has 0 atom stereocenters. The molecule has 0 aliphatic rings. The molecule has 0 spiro atoms. The molecule has 0 saturated heterocycles. The van der Waals surface area contributed by atoms with E-state index in [0.29, 0.717) is 23.7 Å². The third kappa shape index (κ3) is 4.83. The molecule has 1 heterocycles. The number of anilines is 1. The highest BCUT2D eigenvalue weighted by Gasteiger charge is 2.14. The van der Waals surface area contributed by atoms with Crippen LogP contribution in [0.5, 0.6) is 0 Å². The molecule has 7 heteroatoms. The lowest BCUT2D eigenvalue weighted by Gasteiger charge is -2.23. The Morgan fingerprint density at radius 3 is 2.58 bits per heavy atom. The minimum absolute atomic E-state index is 0.388. The Kier molecular flexibility index (Phi) is 6.73. The van der Waals surface area contributed by atoms with Crippen LogP contribution in [0.3, 0.4) is 0 Å². The minimum Gasteiger partial charge on any atom is -0.465 e. The topological polar surface area (TPSA) is 67.2 Å². The Labute approximate surface area is 151 Å². The highest BCUT2D eigenvalue weighted by Crippen LogP contribution is 2.21. The van der Waals surface area contributed by atoms with Gasteiger partial charge in [-0.2, -0.15) is 0 Å². The minimum atomic E-state index is -0.428. The van der Waals surface area contributed by atoms with E-state index in [-0.39, 0.29) is 0 Å². The average molecular weight is 354 g/mol. The van der Waals surface area contributed by atoms with Crippen LogP contribution >= 0.6 is 0 Å². The van der Waals surface area contributed by atoms with E-state index in [1.165, 1.54) is 19.4 Å². The molecule has 0 aliphatic carbocycles. The van der Waals surface area contributed by atoms with Crippen molar-refractivity contribution in [1.82, 2.24) is 4.98 Å². The summed E-state index contributed by atoms with van der Waals surface area (Å²) in [6, 6.07) is 9.84. The van der Waals surface area contributed by atoms with E-state index in [2.05, 4.69) is 21.7 Å². The van der Waals surface area contributed by atoms with E-state index in [4.69, 9.17) is 4.74 Å². The second kappa shape index (κ2) is 9.22. The first-order valence-electron chi connectivity index (χ1n) is 7.80. The first kappa shape index (κ1) is 19.0. The molecule has 2 rings (SSSR count). The predicted molar refractivity (Wildman–Crippen MR) is 100.0 cm³/mol. The summed E-state index contributed by atoms with van der Waals surface area (Å²) in [5.74, 6) is 0.172. The van der Waals surface area contributed by atoms with E-state index in [1.54, 1.807) is 48.4 Å². The zero-order chi connectivity index (χ0) is 18.9. The summed E-state index contributed by atoms with van der Waals surface area (Å²) in [6.07, 6.45) is 4.25. The van der Waals surface area contributed by atoms with Gasteiger partial charge in [0.2, 0.25) is 0 Å². The lowest BCUT2D eigenvalue weighted by atomic mass is 10.1. The number of carbonyl (C=O) groups is 1. The van der Waals surface area contributed by atoms with Gasteiger partial charge in [0.1, 0.15) is 11.6 Å². The number of benzene rings is 1. The molecule has 1 aromatic heterocycles. The van der Waals surface area contributed by atoms with E-state index in [0.717, 1.165) is 11.8 Å². The van der Waals surface area contributed by atoms with Crippen LogP contribution in [-0.2, 0) is 11.3 Å². The Balaban J connectivity index is 2.37. The maximum absolute atomic E-state index is 13.2. The van der Waals surface area contributed by atoms with E-state index >= 15 is 0 Å². The summed E-state index contributed by atoms with van der Waals surface area (Å²) < 4.78 is 17.9. The van der Waals surface area contributed by atoms with Crippen molar-refractivity contribution in [3.05, 3.63) is 71.6 Å². The lowest BCUT2D eigenvalue weighted by Crippen LogP contribution is -2.22. The number of hydrogen-bond acceptors (Lipinski definition) is 6. The van der Waals surface area contributed by atoms with Crippen LogP contribution < -0.4 is 4.90 Å². The molecule has 26 heavy (non-hydrogen) atoms. The molecular formula is C19H19FN4O2. The molecule has 1 aromatic carbocycles. The number of hydrogen-bond donors (Lipinski definition) is 0. The molecule has 0 bridgehead atoms. The predicted octanol–water partition coefficient (Wildman–Crippen LogP) is 3.60. The van der Waals surface area contributed by atoms with Crippen molar-refractivity contribution in [1.29, 1.82) is 0 Å². The molecule has 0 radical (unpaired) electrons. The van der Waals surface area contributed by atoms with Crippen LogP contribution in [-0.4, -0.2) is 31.0 Å². The normalized spacial score (nSPS) is 11.4. The maximum Gasteiger partial charge on any atom is 0.337 e. The molecule has 0 amide bonds. The maximum atomic E-state index is 13.2. The fourth-order valence-corrected chi connectivity index (χ4v) is 2.24. The molecule has 0 N–H and O–H groups in total. The summed E-state index contributed by atoms with van der Waals surface area (Å²) in [6.45, 7) is 5.63. The standard InChI is InChI=1S/C19H19FN4O2/c1-4-22-18(12-21-2)24(17-10-9-16(20)11-23-17)13-14-5-7-15(8-6-14)19(25)26-3/h4-12H,2,13H2,1,3H3/b18-12+,22-4-. The van der Waals surface area contributed by atoms with Crippen LogP contribution in [0.1, 0.15) is 22.8 Å². The molecule has 0 fully saturated rings. The van der Waals surface area contributed by atoms with Crippen LogP contribution in [0.15, 0.2) is 64.6 Å². The summed E-state index contributed by atoms with van der Waals surface area (Å²) in [7, 11) is 1.33. The molecule has 2 aromatic rings. The van der Waals surface area contributed by atoms with Crippen molar-refractivity contribution in [2.45, 2.75) is 13.5 Å². The largest absolute Gasteiger partial charge is 0.465 e. The second-order valence-corrected chi connectivity index (χ2v) is 5.17. The van der Waals surface area contributed by atoms with Gasteiger partial charge < -0.3 is 9.64 Å². The number of aromatic nitrogens is 1. The van der Waals surface area contributed by atoms with Crippen molar-refractivity contribution < 1.29 is 13.9 Å². The number of carbonyl (C=O) groups excluding carboxylic acids is 1. The fraction of sp³-hybridized carbons (Fsp3) is 0.158. The van der Waals surface area contributed by atoms with Crippen LogP contribution in [0.2, 0.25) is 0 Å². The molecular weight excluding hydrogens is 335 g/mol. The van der Waals surface area contributed by atoms with Gasteiger partial charge in [-0.25, -0.2) is 19.2 Å². The van der Waals surface area contributed by atoms with Gasteiger partial charge in [-0.1, -0.05) is 12.1 Å². The highest BCUT2D eigenvalue weighted by molar-refractivity contribution is 5.89. The molecule has 0 aliphatic heterocycles. The zero-order valence-corrected chi connectivity index (χ0v) is 14.6.